The van der Waals surface area contributed by atoms with Crippen LogP contribution < -0.4 is 0 Å². The third-order valence-electron chi connectivity index (χ3n) is 5.28. The zero-order valence-electron chi connectivity index (χ0n) is 17.1. The van der Waals surface area contributed by atoms with Gasteiger partial charge in [-0.2, -0.15) is 0 Å². The van der Waals surface area contributed by atoms with Crippen LogP contribution in [0.25, 0.3) is 17.1 Å². The number of pyridine rings is 1. The average molecular weight is 397 g/mol. The lowest BCUT2D eigenvalue weighted by atomic mass is 10.1. The molecule has 4 aromatic rings. The lowest BCUT2D eigenvalue weighted by Crippen LogP contribution is -2.08. The SMILES string of the molecule is C=C/C=C/c1cc(F)c2c(nc(CCc3ccccc3)n2Cc2ccccn2)c1C. The standard InChI is InChI=1S/C26H24FN3/c1-3-4-12-21-17-23(27)26-25(19(21)2)29-24(15-14-20-10-6-5-7-11-20)30(26)18-22-13-8-9-16-28-22/h3-13,16-17H,1,14-15,18H2,2H3/b12-4+. The molecule has 0 fully saturated rings. The van der Waals surface area contributed by atoms with Crippen molar-refractivity contribution in [1.29, 1.82) is 0 Å². The van der Waals surface area contributed by atoms with Gasteiger partial charge in [0.25, 0.3) is 0 Å². The topological polar surface area (TPSA) is 30.7 Å². The molecular formula is C26H24FN3. The zero-order valence-corrected chi connectivity index (χ0v) is 17.1. The number of fused-ring (bicyclic) bond motifs is 1. The van der Waals surface area contributed by atoms with Crippen LogP contribution in [0.1, 0.15) is 28.2 Å². The molecule has 4 heteroatoms. The van der Waals surface area contributed by atoms with Crippen molar-refractivity contribution in [2.45, 2.75) is 26.3 Å². The van der Waals surface area contributed by atoms with Crippen molar-refractivity contribution < 1.29 is 4.39 Å². The van der Waals surface area contributed by atoms with Crippen LogP contribution in [0.15, 0.2) is 79.5 Å². The molecule has 2 heterocycles. The van der Waals surface area contributed by atoms with Gasteiger partial charge in [0.2, 0.25) is 0 Å². The number of aryl methyl sites for hydroxylation is 3. The number of halogens is 1. The molecule has 2 aromatic carbocycles. The van der Waals surface area contributed by atoms with Crippen molar-refractivity contribution in [1.82, 2.24) is 14.5 Å². The van der Waals surface area contributed by atoms with Crippen molar-refractivity contribution in [3.05, 3.63) is 114 Å². The number of allylic oxidation sites excluding steroid dienone is 2. The van der Waals surface area contributed by atoms with Gasteiger partial charge in [-0.05, 0) is 48.2 Å². The van der Waals surface area contributed by atoms with Gasteiger partial charge in [-0.1, -0.05) is 61.2 Å². The normalized spacial score (nSPS) is 11.4. The summed E-state index contributed by atoms with van der Waals surface area (Å²) in [7, 11) is 0. The third-order valence-corrected chi connectivity index (χ3v) is 5.28. The minimum atomic E-state index is -0.270. The highest BCUT2D eigenvalue weighted by molar-refractivity contribution is 5.84. The van der Waals surface area contributed by atoms with E-state index >= 15 is 4.39 Å². The Bertz CT molecular complexity index is 1190. The van der Waals surface area contributed by atoms with Crippen molar-refractivity contribution in [3.63, 3.8) is 0 Å². The maximum absolute atomic E-state index is 15.3. The van der Waals surface area contributed by atoms with Gasteiger partial charge < -0.3 is 4.57 Å². The van der Waals surface area contributed by atoms with Crippen molar-refractivity contribution in [2.24, 2.45) is 0 Å². The van der Waals surface area contributed by atoms with E-state index < -0.39 is 0 Å². The van der Waals surface area contributed by atoms with E-state index in [1.807, 2.05) is 60.0 Å². The molecule has 0 atom stereocenters. The first kappa shape index (κ1) is 19.8. The van der Waals surface area contributed by atoms with E-state index in [4.69, 9.17) is 4.98 Å². The summed E-state index contributed by atoms with van der Waals surface area (Å²) >= 11 is 0. The van der Waals surface area contributed by atoms with Gasteiger partial charge in [-0.3, -0.25) is 4.98 Å². The van der Waals surface area contributed by atoms with E-state index in [1.54, 1.807) is 18.3 Å². The van der Waals surface area contributed by atoms with E-state index in [0.717, 1.165) is 35.5 Å². The Hall–Kier alpha value is -3.53. The molecule has 2 aromatic heterocycles. The number of nitrogens with zero attached hydrogens (tertiary/aromatic N) is 3. The molecule has 0 spiro atoms. The van der Waals surface area contributed by atoms with Crippen LogP contribution in [-0.2, 0) is 19.4 Å². The van der Waals surface area contributed by atoms with Crippen molar-refractivity contribution in [2.75, 3.05) is 0 Å². The summed E-state index contributed by atoms with van der Waals surface area (Å²) < 4.78 is 17.2. The summed E-state index contributed by atoms with van der Waals surface area (Å²) in [4.78, 5) is 9.33. The Kier molecular flexibility index (Phi) is 5.84. The van der Waals surface area contributed by atoms with Gasteiger partial charge in [0.15, 0.2) is 0 Å². The fourth-order valence-corrected chi connectivity index (χ4v) is 3.71. The van der Waals surface area contributed by atoms with Gasteiger partial charge in [0.05, 0.1) is 17.8 Å². The van der Waals surface area contributed by atoms with E-state index in [0.29, 0.717) is 17.6 Å². The molecule has 0 saturated carbocycles. The minimum absolute atomic E-state index is 0.270. The van der Waals surface area contributed by atoms with Crippen LogP contribution in [0.3, 0.4) is 0 Å². The largest absolute Gasteiger partial charge is 0.319 e. The van der Waals surface area contributed by atoms with Crippen LogP contribution >= 0.6 is 0 Å². The molecule has 150 valence electrons. The lowest BCUT2D eigenvalue weighted by Gasteiger charge is -2.10. The van der Waals surface area contributed by atoms with Gasteiger partial charge in [0.1, 0.15) is 17.2 Å². The maximum atomic E-state index is 15.3. The lowest BCUT2D eigenvalue weighted by molar-refractivity contribution is 0.621. The number of hydrogen-bond donors (Lipinski definition) is 0. The first-order valence-corrected chi connectivity index (χ1v) is 10.1. The Morgan fingerprint density at radius 1 is 1.07 bits per heavy atom. The van der Waals surface area contributed by atoms with Crippen LogP contribution in [0.2, 0.25) is 0 Å². The summed E-state index contributed by atoms with van der Waals surface area (Å²) in [5.41, 5.74) is 5.14. The molecule has 3 nitrogen and oxygen atoms in total. The second-order valence-electron chi connectivity index (χ2n) is 7.29. The predicted octanol–water partition coefficient (Wildman–Crippen LogP) is 5.91. The summed E-state index contributed by atoms with van der Waals surface area (Å²) in [5, 5.41) is 0. The number of hydrogen-bond acceptors (Lipinski definition) is 2. The van der Waals surface area contributed by atoms with Crippen LogP contribution in [0.4, 0.5) is 4.39 Å². The molecule has 0 amide bonds. The molecule has 0 aliphatic heterocycles. The molecular weight excluding hydrogens is 373 g/mol. The van der Waals surface area contributed by atoms with Crippen LogP contribution in [0, 0.1) is 12.7 Å². The van der Waals surface area contributed by atoms with E-state index in [2.05, 4.69) is 23.7 Å². The van der Waals surface area contributed by atoms with Gasteiger partial charge in [0, 0.05) is 12.6 Å². The van der Waals surface area contributed by atoms with Crippen molar-refractivity contribution >= 4 is 17.1 Å². The quantitative estimate of drug-likeness (QED) is 0.363. The highest BCUT2D eigenvalue weighted by atomic mass is 19.1. The van der Waals surface area contributed by atoms with Crippen LogP contribution in [0.5, 0.6) is 0 Å². The number of imidazole rings is 1. The van der Waals surface area contributed by atoms with Gasteiger partial charge >= 0.3 is 0 Å². The fourth-order valence-electron chi connectivity index (χ4n) is 3.71. The predicted molar refractivity (Wildman–Crippen MR) is 121 cm³/mol. The number of aromatic nitrogens is 3. The monoisotopic (exact) mass is 397 g/mol. The Labute approximate surface area is 176 Å². The second-order valence-corrected chi connectivity index (χ2v) is 7.29. The van der Waals surface area contributed by atoms with E-state index in [1.165, 1.54) is 5.56 Å². The smallest absolute Gasteiger partial charge is 0.149 e. The summed E-state index contributed by atoms with van der Waals surface area (Å²) in [6, 6.07) is 17.7. The summed E-state index contributed by atoms with van der Waals surface area (Å²) in [5.74, 6) is 0.597. The highest BCUT2D eigenvalue weighted by Gasteiger charge is 2.19. The molecule has 0 aliphatic carbocycles. The number of benzene rings is 2. The molecule has 0 radical (unpaired) electrons. The van der Waals surface area contributed by atoms with Gasteiger partial charge in [-0.15, -0.1) is 0 Å². The first-order chi connectivity index (χ1) is 14.7. The Morgan fingerprint density at radius 3 is 2.60 bits per heavy atom. The zero-order chi connectivity index (χ0) is 20.9. The summed E-state index contributed by atoms with van der Waals surface area (Å²) in [6.45, 7) is 6.18. The molecule has 0 bridgehead atoms. The maximum Gasteiger partial charge on any atom is 0.149 e. The Morgan fingerprint density at radius 2 is 1.87 bits per heavy atom. The fraction of sp³-hybridized carbons (Fsp3) is 0.154. The minimum Gasteiger partial charge on any atom is -0.319 e. The van der Waals surface area contributed by atoms with Crippen LogP contribution in [-0.4, -0.2) is 14.5 Å². The first-order valence-electron chi connectivity index (χ1n) is 10.1. The van der Waals surface area contributed by atoms with Crippen molar-refractivity contribution in [3.8, 4) is 0 Å². The van der Waals surface area contributed by atoms with E-state index in [-0.39, 0.29) is 5.82 Å². The molecule has 0 saturated heterocycles. The average Bonchev–Trinajstić information content (AvgIpc) is 3.14. The molecule has 0 N–H and O–H groups in total. The molecule has 0 unspecified atom stereocenters. The third kappa shape index (κ3) is 4.08. The molecule has 30 heavy (non-hydrogen) atoms. The van der Waals surface area contributed by atoms with Gasteiger partial charge in [-0.25, -0.2) is 9.37 Å². The molecule has 0 aliphatic rings. The highest BCUT2D eigenvalue weighted by Crippen LogP contribution is 2.28. The second kappa shape index (κ2) is 8.87. The summed E-state index contributed by atoms with van der Waals surface area (Å²) in [6.07, 6.45) is 8.70. The number of rotatable bonds is 7. The Balaban J connectivity index is 1.82. The molecule has 4 rings (SSSR count). The van der Waals surface area contributed by atoms with E-state index in [9.17, 15) is 0 Å².